The summed E-state index contributed by atoms with van der Waals surface area (Å²) >= 11 is 0. The highest BCUT2D eigenvalue weighted by Crippen LogP contribution is 2.22. The lowest BCUT2D eigenvalue weighted by atomic mass is 9.99. The maximum absolute atomic E-state index is 12.2. The van der Waals surface area contributed by atoms with Crippen molar-refractivity contribution in [3.05, 3.63) is 0 Å². The summed E-state index contributed by atoms with van der Waals surface area (Å²) < 4.78 is 5.34. The first-order valence-electron chi connectivity index (χ1n) is 6.93. The van der Waals surface area contributed by atoms with Crippen LogP contribution in [0.3, 0.4) is 0 Å². The summed E-state index contributed by atoms with van der Waals surface area (Å²) in [6, 6.07) is -0.0948. The third kappa shape index (κ3) is 3.37. The number of likely N-dealkylation sites (tertiary alicyclic amines) is 1. The summed E-state index contributed by atoms with van der Waals surface area (Å²) in [4.78, 5) is 24.8. The molecule has 3 atom stereocenters. The van der Waals surface area contributed by atoms with Crippen LogP contribution in [0.5, 0.6) is 0 Å². The lowest BCUT2D eigenvalue weighted by molar-refractivity contribution is -0.143. The molecule has 19 heavy (non-hydrogen) atoms. The van der Waals surface area contributed by atoms with E-state index >= 15 is 0 Å². The number of piperidine rings is 1. The van der Waals surface area contributed by atoms with Gasteiger partial charge >= 0.3 is 12.0 Å². The van der Waals surface area contributed by atoms with E-state index in [1.54, 1.807) is 12.0 Å². The zero-order valence-electron chi connectivity index (χ0n) is 11.3. The number of carboxylic acids is 1. The van der Waals surface area contributed by atoms with E-state index in [0.717, 1.165) is 25.7 Å². The summed E-state index contributed by atoms with van der Waals surface area (Å²) in [6.45, 7) is 0.950. The molecule has 1 heterocycles. The van der Waals surface area contributed by atoms with Crippen LogP contribution < -0.4 is 5.32 Å². The normalized spacial score (nSPS) is 31.2. The summed E-state index contributed by atoms with van der Waals surface area (Å²) in [5.41, 5.74) is 0. The van der Waals surface area contributed by atoms with Crippen molar-refractivity contribution >= 4 is 12.0 Å². The van der Waals surface area contributed by atoms with Crippen LogP contribution >= 0.6 is 0 Å². The van der Waals surface area contributed by atoms with Gasteiger partial charge < -0.3 is 20.1 Å². The highest BCUT2D eigenvalue weighted by Gasteiger charge is 2.32. The average Bonchev–Trinajstić information content (AvgIpc) is 2.86. The smallest absolute Gasteiger partial charge is 0.317 e. The molecule has 0 radical (unpaired) electrons. The Morgan fingerprint density at radius 3 is 2.74 bits per heavy atom. The Bertz CT molecular complexity index is 348. The second kappa shape index (κ2) is 6.23. The van der Waals surface area contributed by atoms with Crippen LogP contribution in [0.1, 0.15) is 32.1 Å². The van der Waals surface area contributed by atoms with Gasteiger partial charge in [-0.25, -0.2) is 4.79 Å². The van der Waals surface area contributed by atoms with Crippen molar-refractivity contribution < 1.29 is 19.4 Å². The number of ether oxygens (including phenoxy) is 1. The summed E-state index contributed by atoms with van der Waals surface area (Å²) in [7, 11) is 1.66. The van der Waals surface area contributed by atoms with Crippen molar-refractivity contribution in [2.75, 3.05) is 20.2 Å². The molecule has 0 aromatic rings. The zero-order chi connectivity index (χ0) is 13.8. The lowest BCUT2D eigenvalue weighted by Gasteiger charge is -2.32. The van der Waals surface area contributed by atoms with Gasteiger partial charge in [-0.1, -0.05) is 0 Å². The van der Waals surface area contributed by atoms with Crippen molar-refractivity contribution in [1.29, 1.82) is 0 Å². The third-order valence-corrected chi connectivity index (χ3v) is 4.12. The van der Waals surface area contributed by atoms with Gasteiger partial charge in [0.1, 0.15) is 0 Å². The largest absolute Gasteiger partial charge is 0.481 e. The minimum absolute atomic E-state index is 0.0581. The predicted octanol–water partition coefficient (Wildman–Crippen LogP) is 1.06. The van der Waals surface area contributed by atoms with Crippen LogP contribution in [0.25, 0.3) is 0 Å². The first kappa shape index (κ1) is 14.1. The van der Waals surface area contributed by atoms with Crippen molar-refractivity contribution in [3.63, 3.8) is 0 Å². The Hall–Kier alpha value is -1.30. The number of rotatable bonds is 3. The number of carbonyl (C=O) groups excluding carboxylic acids is 1. The number of methoxy groups -OCH3 is 1. The number of hydrogen-bond acceptors (Lipinski definition) is 3. The lowest BCUT2D eigenvalue weighted by Crippen LogP contribution is -2.51. The number of amides is 2. The fourth-order valence-corrected chi connectivity index (χ4v) is 2.99. The van der Waals surface area contributed by atoms with Gasteiger partial charge in [-0.05, 0) is 32.1 Å². The van der Waals surface area contributed by atoms with Gasteiger partial charge in [-0.2, -0.15) is 0 Å². The third-order valence-electron chi connectivity index (χ3n) is 4.12. The Morgan fingerprint density at radius 2 is 2.05 bits per heavy atom. The molecule has 2 aliphatic rings. The molecule has 0 aromatic carbocycles. The number of nitrogens with one attached hydrogen (secondary N) is 1. The highest BCUT2D eigenvalue weighted by atomic mass is 16.5. The van der Waals surface area contributed by atoms with E-state index < -0.39 is 11.9 Å². The van der Waals surface area contributed by atoms with Crippen LogP contribution in [0.2, 0.25) is 0 Å². The van der Waals surface area contributed by atoms with E-state index in [1.807, 2.05) is 0 Å². The molecule has 2 amide bonds. The van der Waals surface area contributed by atoms with Gasteiger partial charge in [0.05, 0.1) is 18.1 Å². The van der Waals surface area contributed by atoms with Crippen molar-refractivity contribution in [2.24, 2.45) is 5.92 Å². The number of hydrogen-bond donors (Lipinski definition) is 2. The van der Waals surface area contributed by atoms with E-state index in [2.05, 4.69) is 5.32 Å². The fraction of sp³-hybridized carbons (Fsp3) is 0.846. The van der Waals surface area contributed by atoms with Crippen LogP contribution in [0, 0.1) is 5.92 Å². The van der Waals surface area contributed by atoms with Gasteiger partial charge in [-0.3, -0.25) is 4.79 Å². The Morgan fingerprint density at radius 1 is 1.26 bits per heavy atom. The molecule has 108 valence electrons. The van der Waals surface area contributed by atoms with Crippen LogP contribution in [-0.4, -0.2) is 54.4 Å². The summed E-state index contributed by atoms with van der Waals surface area (Å²) in [6.07, 6.45) is 4.45. The topological polar surface area (TPSA) is 78.9 Å². The molecule has 6 heteroatoms. The predicted molar refractivity (Wildman–Crippen MR) is 68.9 cm³/mol. The first-order chi connectivity index (χ1) is 9.11. The molecular weight excluding hydrogens is 248 g/mol. The molecule has 1 aliphatic carbocycles. The second-order valence-electron chi connectivity index (χ2n) is 5.38. The maximum atomic E-state index is 12.2. The molecule has 1 saturated heterocycles. The minimum Gasteiger partial charge on any atom is -0.481 e. The maximum Gasteiger partial charge on any atom is 0.317 e. The van der Waals surface area contributed by atoms with Crippen LogP contribution in [-0.2, 0) is 9.53 Å². The van der Waals surface area contributed by atoms with Gasteiger partial charge in [0, 0.05) is 20.2 Å². The van der Waals surface area contributed by atoms with Crippen molar-refractivity contribution in [3.8, 4) is 0 Å². The van der Waals surface area contributed by atoms with E-state index in [0.29, 0.717) is 19.5 Å². The van der Waals surface area contributed by atoms with Gasteiger partial charge in [0.25, 0.3) is 0 Å². The van der Waals surface area contributed by atoms with E-state index in [9.17, 15) is 9.59 Å². The fourth-order valence-electron chi connectivity index (χ4n) is 2.99. The highest BCUT2D eigenvalue weighted by molar-refractivity contribution is 5.76. The number of urea groups is 1. The summed E-state index contributed by atoms with van der Waals surface area (Å²) in [5, 5.41) is 12.0. The molecule has 0 spiro atoms. The summed E-state index contributed by atoms with van der Waals surface area (Å²) in [5.74, 6) is -1.24. The van der Waals surface area contributed by atoms with Crippen LogP contribution in [0.4, 0.5) is 4.79 Å². The number of carbonyl (C=O) groups is 2. The molecule has 1 aliphatic heterocycles. The van der Waals surface area contributed by atoms with E-state index in [-0.39, 0.29) is 18.2 Å². The van der Waals surface area contributed by atoms with Gasteiger partial charge in [0.2, 0.25) is 0 Å². The van der Waals surface area contributed by atoms with E-state index in [4.69, 9.17) is 9.84 Å². The molecule has 2 rings (SSSR count). The van der Waals surface area contributed by atoms with Crippen molar-refractivity contribution in [2.45, 2.75) is 44.2 Å². The molecule has 0 aromatic heterocycles. The number of carboxylic acid groups (broad SMARTS) is 1. The minimum atomic E-state index is -0.812. The molecule has 1 unspecified atom stereocenters. The van der Waals surface area contributed by atoms with Crippen LogP contribution in [0.15, 0.2) is 0 Å². The number of nitrogens with zero attached hydrogens (tertiary/aromatic N) is 1. The Balaban J connectivity index is 1.87. The Kier molecular flexibility index (Phi) is 4.63. The standard InChI is InChI=1S/C13H22N2O4/c1-19-11-6-2-5-10(11)14-13(18)15-7-3-4-9(8-15)12(16)17/h9-11H,2-8H2,1H3,(H,14,18)(H,16,17)/t9?,10-,11-/m1/s1. The number of aliphatic carboxylic acids is 1. The Labute approximate surface area is 113 Å². The van der Waals surface area contributed by atoms with E-state index in [1.165, 1.54) is 0 Å². The van der Waals surface area contributed by atoms with Gasteiger partial charge in [0.15, 0.2) is 0 Å². The van der Waals surface area contributed by atoms with Crippen molar-refractivity contribution in [1.82, 2.24) is 10.2 Å². The second-order valence-corrected chi connectivity index (χ2v) is 5.38. The first-order valence-corrected chi connectivity index (χ1v) is 6.93. The molecule has 2 fully saturated rings. The average molecular weight is 270 g/mol. The SMILES string of the molecule is CO[C@@H]1CCC[C@H]1NC(=O)N1CCCC(C(=O)O)C1. The zero-order valence-corrected chi connectivity index (χ0v) is 11.3. The molecule has 0 bridgehead atoms. The molecule has 2 N–H and O–H groups in total. The molecule has 6 nitrogen and oxygen atoms in total. The quantitative estimate of drug-likeness (QED) is 0.803. The monoisotopic (exact) mass is 270 g/mol. The molecular formula is C13H22N2O4. The molecule has 1 saturated carbocycles. The van der Waals surface area contributed by atoms with Gasteiger partial charge in [-0.15, -0.1) is 0 Å².